The van der Waals surface area contributed by atoms with Gasteiger partial charge in [0.15, 0.2) is 0 Å². The van der Waals surface area contributed by atoms with Crippen LogP contribution in [0.2, 0.25) is 5.02 Å². The number of benzene rings is 3. The molecule has 220 valence electrons. The van der Waals surface area contributed by atoms with Gasteiger partial charge < -0.3 is 26.1 Å². The van der Waals surface area contributed by atoms with Gasteiger partial charge in [0.1, 0.15) is 18.5 Å². The van der Waals surface area contributed by atoms with Gasteiger partial charge in [-0.3, -0.25) is 14.4 Å². The number of rotatable bonds is 11. The van der Waals surface area contributed by atoms with Gasteiger partial charge in [-0.25, -0.2) is 4.39 Å². The van der Waals surface area contributed by atoms with Crippen molar-refractivity contribution in [3.63, 3.8) is 0 Å². The van der Waals surface area contributed by atoms with E-state index in [2.05, 4.69) is 28.1 Å². The molecule has 4 N–H and O–H groups in total. The molecule has 0 bridgehead atoms. The van der Waals surface area contributed by atoms with Gasteiger partial charge in [-0.2, -0.15) is 0 Å². The summed E-state index contributed by atoms with van der Waals surface area (Å²) in [5, 5.41) is 17.4. The zero-order chi connectivity index (χ0) is 30.1. The maximum Gasteiger partial charge on any atom is 0.312 e. The summed E-state index contributed by atoms with van der Waals surface area (Å²) in [6.07, 6.45) is 1.35. The number of piperidine rings is 1. The third kappa shape index (κ3) is 8.71. The van der Waals surface area contributed by atoms with Gasteiger partial charge in [-0.1, -0.05) is 66.2 Å². The molecule has 3 atom stereocenters. The highest BCUT2D eigenvalue weighted by Gasteiger charge is 2.29. The summed E-state index contributed by atoms with van der Waals surface area (Å²) in [5.41, 5.74) is 2.73. The lowest BCUT2D eigenvalue weighted by molar-refractivity contribution is -0.143. The third-order valence-corrected chi connectivity index (χ3v) is 7.47. The van der Waals surface area contributed by atoms with Crippen molar-refractivity contribution in [2.24, 2.45) is 0 Å². The fourth-order valence-electron chi connectivity index (χ4n) is 4.80. The smallest absolute Gasteiger partial charge is 0.312 e. The van der Waals surface area contributed by atoms with E-state index in [1.165, 1.54) is 23.8 Å². The zero-order valence-electron chi connectivity index (χ0n) is 23.3. The number of hydrogen-bond donors (Lipinski definition) is 4. The van der Waals surface area contributed by atoms with Gasteiger partial charge in [-0.05, 0) is 67.1 Å². The highest BCUT2D eigenvalue weighted by molar-refractivity contribution is 6.30. The molecule has 1 saturated heterocycles. The lowest BCUT2D eigenvalue weighted by atomic mass is 9.86. The predicted octanol–water partition coefficient (Wildman–Crippen LogP) is 4.64. The maximum absolute atomic E-state index is 13.8. The summed E-state index contributed by atoms with van der Waals surface area (Å²) in [5.74, 6) is -1.40. The summed E-state index contributed by atoms with van der Waals surface area (Å²) in [6, 6.07) is 19.9. The quantitative estimate of drug-likeness (QED) is 0.191. The van der Waals surface area contributed by atoms with Crippen LogP contribution < -0.4 is 16.0 Å². The molecule has 1 aliphatic rings. The number of esters is 1. The summed E-state index contributed by atoms with van der Waals surface area (Å²) in [7, 11) is 0. The molecule has 1 aliphatic heterocycles. The second-order valence-electron chi connectivity index (χ2n) is 10.3. The number of nitrogens with one attached hydrogen (secondary N) is 4. The van der Waals surface area contributed by atoms with Crippen molar-refractivity contribution < 1.29 is 23.5 Å². The predicted molar refractivity (Wildman–Crippen MR) is 159 cm³/mol. The summed E-state index contributed by atoms with van der Waals surface area (Å²) in [4.78, 5) is 37.7. The SMILES string of the molecule is C[C@H](NC(=O)C1C[C@@H](c2ccccc2)CCN1)C(=O)NCc1ccc(C(=N)CC(=O)OCc2cc(Cl)ccc2F)cc1. The van der Waals surface area contributed by atoms with E-state index in [0.717, 1.165) is 18.5 Å². The summed E-state index contributed by atoms with van der Waals surface area (Å²) in [6.45, 7) is 2.34. The van der Waals surface area contributed by atoms with E-state index in [1.54, 1.807) is 31.2 Å². The van der Waals surface area contributed by atoms with Crippen LogP contribution in [0.1, 0.15) is 54.4 Å². The molecule has 2 amide bonds. The van der Waals surface area contributed by atoms with E-state index in [0.29, 0.717) is 22.9 Å². The first-order valence-electron chi connectivity index (χ1n) is 13.8. The summed E-state index contributed by atoms with van der Waals surface area (Å²) < 4.78 is 18.9. The average molecular weight is 593 g/mol. The van der Waals surface area contributed by atoms with Crippen LogP contribution in [0.25, 0.3) is 0 Å². The monoisotopic (exact) mass is 592 g/mol. The molecule has 1 unspecified atom stereocenters. The van der Waals surface area contributed by atoms with Gasteiger partial charge in [0.25, 0.3) is 0 Å². The number of hydrogen-bond acceptors (Lipinski definition) is 6. The van der Waals surface area contributed by atoms with Crippen molar-refractivity contribution in [2.75, 3.05) is 6.54 Å². The van der Waals surface area contributed by atoms with Gasteiger partial charge in [0.05, 0.1) is 12.5 Å². The minimum atomic E-state index is -0.713. The van der Waals surface area contributed by atoms with Crippen LogP contribution in [0.5, 0.6) is 0 Å². The molecule has 3 aromatic carbocycles. The van der Waals surface area contributed by atoms with Crippen LogP contribution in [0.15, 0.2) is 72.8 Å². The molecule has 0 aliphatic carbocycles. The Hall–Kier alpha value is -4.08. The van der Waals surface area contributed by atoms with Crippen LogP contribution in [0.3, 0.4) is 0 Å². The molecule has 1 fully saturated rings. The van der Waals surface area contributed by atoms with Crippen molar-refractivity contribution in [2.45, 2.75) is 57.3 Å². The summed E-state index contributed by atoms with van der Waals surface area (Å²) >= 11 is 5.85. The molecule has 10 heteroatoms. The minimum Gasteiger partial charge on any atom is -0.460 e. The van der Waals surface area contributed by atoms with E-state index in [-0.39, 0.29) is 48.7 Å². The fourth-order valence-corrected chi connectivity index (χ4v) is 5.00. The van der Waals surface area contributed by atoms with E-state index >= 15 is 0 Å². The Morgan fingerprint density at radius 2 is 1.83 bits per heavy atom. The second-order valence-corrected chi connectivity index (χ2v) is 10.8. The number of carbonyl (C=O) groups is 3. The Labute approximate surface area is 249 Å². The molecular weight excluding hydrogens is 559 g/mol. The molecule has 3 aromatic rings. The Balaban J connectivity index is 1.19. The largest absolute Gasteiger partial charge is 0.460 e. The Morgan fingerprint density at radius 1 is 1.10 bits per heavy atom. The highest BCUT2D eigenvalue weighted by Crippen LogP contribution is 2.27. The average Bonchev–Trinajstić information content (AvgIpc) is 3.01. The molecule has 4 rings (SSSR count). The normalized spacial score (nSPS) is 17.1. The van der Waals surface area contributed by atoms with Crippen molar-refractivity contribution in [1.29, 1.82) is 5.41 Å². The molecular formula is C32H34ClFN4O4. The van der Waals surface area contributed by atoms with Gasteiger partial charge in [0, 0.05) is 22.8 Å². The highest BCUT2D eigenvalue weighted by atomic mass is 35.5. The minimum absolute atomic E-state index is 0.0457. The lowest BCUT2D eigenvalue weighted by Crippen LogP contribution is -2.53. The van der Waals surface area contributed by atoms with Gasteiger partial charge in [0.2, 0.25) is 11.8 Å². The number of halogens is 2. The van der Waals surface area contributed by atoms with E-state index in [4.69, 9.17) is 21.7 Å². The van der Waals surface area contributed by atoms with Crippen LogP contribution in [0, 0.1) is 11.2 Å². The van der Waals surface area contributed by atoms with Crippen LogP contribution in [-0.2, 0) is 32.3 Å². The number of amides is 2. The molecule has 0 aromatic heterocycles. The molecule has 42 heavy (non-hydrogen) atoms. The van der Waals surface area contributed by atoms with Crippen molar-refractivity contribution in [3.8, 4) is 0 Å². The first-order valence-corrected chi connectivity index (χ1v) is 14.2. The number of carbonyl (C=O) groups excluding carboxylic acids is 3. The van der Waals surface area contributed by atoms with E-state index in [9.17, 15) is 18.8 Å². The second kappa shape index (κ2) is 14.7. The van der Waals surface area contributed by atoms with Gasteiger partial charge in [-0.15, -0.1) is 0 Å². The fraction of sp³-hybridized carbons (Fsp3) is 0.312. The topological polar surface area (TPSA) is 120 Å². The van der Waals surface area contributed by atoms with Gasteiger partial charge >= 0.3 is 5.97 Å². The van der Waals surface area contributed by atoms with Crippen LogP contribution in [0.4, 0.5) is 4.39 Å². The standard InChI is InChI=1S/C32H34ClFN4O4/c1-20(38-32(41)29-16-24(13-14-36-29)22-5-3-2-4-6-22)31(40)37-18-21-7-9-23(10-8-21)28(35)17-30(39)42-19-25-15-26(33)11-12-27(25)34/h2-12,15,20,24,29,35-36H,13-14,16-19H2,1H3,(H,37,40)(H,38,41)/t20-,24-,29?/m0/s1. The zero-order valence-corrected chi connectivity index (χ0v) is 24.0. The third-order valence-electron chi connectivity index (χ3n) is 7.23. The Kier molecular flexibility index (Phi) is 10.8. The maximum atomic E-state index is 13.8. The molecule has 0 radical (unpaired) electrons. The number of ether oxygens (including phenoxy) is 1. The first-order chi connectivity index (χ1) is 20.2. The first kappa shape index (κ1) is 30.9. The molecule has 0 saturated carbocycles. The van der Waals surface area contributed by atoms with Crippen molar-refractivity contribution >= 4 is 35.1 Å². The van der Waals surface area contributed by atoms with E-state index in [1.807, 2.05) is 18.2 Å². The van der Waals surface area contributed by atoms with Crippen molar-refractivity contribution in [3.05, 3.63) is 106 Å². The van der Waals surface area contributed by atoms with E-state index < -0.39 is 17.8 Å². The lowest BCUT2D eigenvalue weighted by Gasteiger charge is -2.30. The molecule has 0 spiro atoms. The molecule has 8 nitrogen and oxygen atoms in total. The van der Waals surface area contributed by atoms with Crippen LogP contribution >= 0.6 is 11.6 Å². The Bertz CT molecular complexity index is 1420. The Morgan fingerprint density at radius 3 is 2.57 bits per heavy atom. The molecule has 1 heterocycles. The van der Waals surface area contributed by atoms with Crippen molar-refractivity contribution in [1.82, 2.24) is 16.0 Å². The van der Waals surface area contributed by atoms with Crippen LogP contribution in [-0.4, -0.2) is 42.1 Å².